The van der Waals surface area contributed by atoms with E-state index in [0.717, 1.165) is 36.8 Å². The molecular formula is C25H35NO4. The highest BCUT2D eigenvalue weighted by atomic mass is 16.4. The molecular weight excluding hydrogens is 378 g/mol. The number of nitrogens with zero attached hydrogens (tertiary/aromatic N) is 1. The van der Waals surface area contributed by atoms with Crippen molar-refractivity contribution in [3.05, 3.63) is 47.5 Å². The summed E-state index contributed by atoms with van der Waals surface area (Å²) in [6, 6.07) is 10.2. The van der Waals surface area contributed by atoms with Crippen LogP contribution in [0.5, 0.6) is 0 Å². The number of hydrogen-bond donors (Lipinski definition) is 3. The lowest BCUT2D eigenvalue weighted by Gasteiger charge is -2.23. The van der Waals surface area contributed by atoms with Gasteiger partial charge in [-0.25, -0.2) is 0 Å². The molecule has 164 valence electrons. The Kier molecular flexibility index (Phi) is 10.1. The molecule has 3 N–H and O–H groups in total. The number of aliphatic hydroxyl groups excluding tert-OH is 2. The van der Waals surface area contributed by atoms with Gasteiger partial charge in [0, 0.05) is 12.3 Å². The maximum absolute atomic E-state index is 10.6. The minimum atomic E-state index is -0.786. The molecule has 1 fully saturated rings. The summed E-state index contributed by atoms with van der Waals surface area (Å²) in [5.41, 5.74) is 1.91. The first-order chi connectivity index (χ1) is 14.5. The largest absolute Gasteiger partial charge is 0.481 e. The summed E-state index contributed by atoms with van der Waals surface area (Å²) < 4.78 is 0. The third-order valence-electron chi connectivity index (χ3n) is 6.18. The highest BCUT2D eigenvalue weighted by Crippen LogP contribution is 2.45. The maximum Gasteiger partial charge on any atom is 0.303 e. The predicted molar refractivity (Wildman–Crippen MR) is 117 cm³/mol. The van der Waals surface area contributed by atoms with Crippen LogP contribution in [-0.2, 0) is 4.79 Å². The van der Waals surface area contributed by atoms with Crippen LogP contribution in [0, 0.1) is 23.2 Å². The van der Waals surface area contributed by atoms with Gasteiger partial charge in [0.05, 0.1) is 24.2 Å². The number of allylic oxidation sites excluding steroid dienone is 2. The summed E-state index contributed by atoms with van der Waals surface area (Å²) in [6.07, 6.45) is 9.61. The number of aliphatic carboxylic acids is 1. The van der Waals surface area contributed by atoms with Crippen molar-refractivity contribution in [2.24, 2.45) is 11.8 Å². The van der Waals surface area contributed by atoms with E-state index in [0.29, 0.717) is 25.7 Å². The van der Waals surface area contributed by atoms with E-state index in [2.05, 4.69) is 13.0 Å². The molecule has 0 saturated heterocycles. The highest BCUT2D eigenvalue weighted by molar-refractivity contribution is 5.66. The fraction of sp³-hybridized carbons (Fsp3) is 0.600. The standard InChI is InChI=1S/C25H35NO4/c1-2-3-6-10-22(27)18-12-14-19(15-13-18)25-21(20(17-26)16-23(25)28)9-7-4-5-8-11-24(29)30/h4,7,12-15,20-23,25,27-28H,2-3,5-6,8-11,16H2,1H3,(H,29,30)/t20-,21-,22?,23+,25+/m0/s1. The fourth-order valence-corrected chi connectivity index (χ4v) is 4.48. The monoisotopic (exact) mass is 413 g/mol. The van der Waals surface area contributed by atoms with Crippen LogP contribution in [0.2, 0.25) is 0 Å². The molecule has 0 heterocycles. The van der Waals surface area contributed by atoms with Crippen molar-refractivity contribution in [1.82, 2.24) is 0 Å². The molecule has 5 heteroatoms. The van der Waals surface area contributed by atoms with E-state index < -0.39 is 18.2 Å². The van der Waals surface area contributed by atoms with Gasteiger partial charge in [-0.15, -0.1) is 0 Å². The fourth-order valence-electron chi connectivity index (χ4n) is 4.48. The average Bonchev–Trinajstić information content (AvgIpc) is 3.05. The molecule has 1 aliphatic rings. The van der Waals surface area contributed by atoms with Gasteiger partial charge in [-0.05, 0) is 49.1 Å². The van der Waals surface area contributed by atoms with Crippen LogP contribution in [0.25, 0.3) is 0 Å². The molecule has 1 saturated carbocycles. The van der Waals surface area contributed by atoms with Crippen molar-refractivity contribution in [1.29, 1.82) is 5.26 Å². The number of rotatable bonds is 12. The van der Waals surface area contributed by atoms with Crippen molar-refractivity contribution in [2.75, 3.05) is 0 Å². The van der Waals surface area contributed by atoms with Crippen LogP contribution < -0.4 is 0 Å². The number of carbonyl (C=O) groups is 1. The summed E-state index contributed by atoms with van der Waals surface area (Å²) in [5, 5.41) is 39.3. The van der Waals surface area contributed by atoms with Gasteiger partial charge in [-0.2, -0.15) is 5.26 Å². The van der Waals surface area contributed by atoms with E-state index in [-0.39, 0.29) is 24.2 Å². The molecule has 0 radical (unpaired) electrons. The number of carboxylic acids is 1. The first-order valence-electron chi connectivity index (χ1n) is 11.2. The Morgan fingerprint density at radius 1 is 1.23 bits per heavy atom. The van der Waals surface area contributed by atoms with Gasteiger partial charge in [0.25, 0.3) is 0 Å². The van der Waals surface area contributed by atoms with E-state index in [1.54, 1.807) is 0 Å². The van der Waals surface area contributed by atoms with Crippen LogP contribution in [0.3, 0.4) is 0 Å². The lowest BCUT2D eigenvalue weighted by atomic mass is 9.82. The number of aliphatic hydroxyl groups is 2. The Balaban J connectivity index is 2.02. The highest BCUT2D eigenvalue weighted by Gasteiger charge is 2.42. The van der Waals surface area contributed by atoms with Gasteiger partial charge < -0.3 is 15.3 Å². The molecule has 1 aromatic carbocycles. The Morgan fingerprint density at radius 2 is 1.97 bits per heavy atom. The van der Waals surface area contributed by atoms with Crippen LogP contribution >= 0.6 is 0 Å². The molecule has 0 amide bonds. The second kappa shape index (κ2) is 12.5. The summed E-state index contributed by atoms with van der Waals surface area (Å²) >= 11 is 0. The number of benzene rings is 1. The summed E-state index contributed by atoms with van der Waals surface area (Å²) in [6.45, 7) is 2.14. The second-order valence-electron chi connectivity index (χ2n) is 8.40. The third kappa shape index (κ3) is 6.97. The third-order valence-corrected chi connectivity index (χ3v) is 6.18. The first kappa shape index (κ1) is 24.1. The minimum absolute atomic E-state index is 0.0288. The van der Waals surface area contributed by atoms with Crippen molar-refractivity contribution >= 4 is 5.97 Å². The molecule has 0 aliphatic heterocycles. The van der Waals surface area contributed by atoms with Gasteiger partial charge in [-0.1, -0.05) is 62.6 Å². The predicted octanol–water partition coefficient (Wildman–Crippen LogP) is 5.11. The smallest absolute Gasteiger partial charge is 0.303 e. The molecule has 0 aromatic heterocycles. The Labute approximate surface area is 180 Å². The van der Waals surface area contributed by atoms with Crippen LogP contribution in [0.15, 0.2) is 36.4 Å². The van der Waals surface area contributed by atoms with Crippen molar-refractivity contribution < 1.29 is 20.1 Å². The lowest BCUT2D eigenvalue weighted by molar-refractivity contribution is -0.137. The van der Waals surface area contributed by atoms with E-state index in [9.17, 15) is 20.3 Å². The minimum Gasteiger partial charge on any atom is -0.481 e. The Bertz CT molecular complexity index is 722. The Morgan fingerprint density at radius 3 is 2.60 bits per heavy atom. The summed E-state index contributed by atoms with van der Waals surface area (Å²) in [4.78, 5) is 10.6. The first-order valence-corrected chi connectivity index (χ1v) is 11.2. The van der Waals surface area contributed by atoms with E-state index in [1.165, 1.54) is 0 Å². The zero-order valence-electron chi connectivity index (χ0n) is 17.9. The quantitative estimate of drug-likeness (QED) is 0.327. The van der Waals surface area contributed by atoms with E-state index in [1.807, 2.05) is 36.4 Å². The molecule has 2 rings (SSSR count). The topological polar surface area (TPSA) is 102 Å². The second-order valence-corrected chi connectivity index (χ2v) is 8.40. The number of nitriles is 1. The van der Waals surface area contributed by atoms with Crippen LogP contribution in [0.4, 0.5) is 0 Å². The molecule has 30 heavy (non-hydrogen) atoms. The van der Waals surface area contributed by atoms with E-state index >= 15 is 0 Å². The zero-order valence-corrected chi connectivity index (χ0v) is 17.9. The number of carboxylic acid groups (broad SMARTS) is 1. The van der Waals surface area contributed by atoms with Crippen LogP contribution in [0.1, 0.15) is 87.9 Å². The lowest BCUT2D eigenvalue weighted by Crippen LogP contribution is -2.18. The van der Waals surface area contributed by atoms with Gasteiger partial charge in [-0.3, -0.25) is 4.79 Å². The van der Waals surface area contributed by atoms with Crippen molar-refractivity contribution in [3.63, 3.8) is 0 Å². The van der Waals surface area contributed by atoms with Crippen molar-refractivity contribution in [3.8, 4) is 6.07 Å². The van der Waals surface area contributed by atoms with Crippen LogP contribution in [-0.4, -0.2) is 27.4 Å². The molecule has 1 unspecified atom stereocenters. The molecule has 1 aromatic rings. The Hall–Kier alpha value is -2.16. The summed E-state index contributed by atoms with van der Waals surface area (Å²) in [5.74, 6) is -1.07. The number of hydrogen-bond acceptors (Lipinski definition) is 4. The van der Waals surface area contributed by atoms with E-state index in [4.69, 9.17) is 5.11 Å². The van der Waals surface area contributed by atoms with Crippen molar-refractivity contribution in [2.45, 2.75) is 82.8 Å². The number of unbranched alkanes of at least 4 members (excludes halogenated alkanes) is 3. The van der Waals surface area contributed by atoms with Gasteiger partial charge >= 0.3 is 5.97 Å². The molecule has 0 bridgehead atoms. The molecule has 0 spiro atoms. The van der Waals surface area contributed by atoms with Gasteiger partial charge in [0.1, 0.15) is 0 Å². The summed E-state index contributed by atoms with van der Waals surface area (Å²) in [7, 11) is 0. The zero-order chi connectivity index (χ0) is 21.9. The maximum atomic E-state index is 10.6. The molecule has 5 atom stereocenters. The van der Waals surface area contributed by atoms with Gasteiger partial charge in [0.2, 0.25) is 0 Å². The normalized spacial score (nSPS) is 24.7. The SMILES string of the molecule is CCCCCC(O)c1ccc([C@@H]2[C@@H](CC=CCCCC(=O)O)[C@H](C#N)C[C@H]2O)cc1. The van der Waals surface area contributed by atoms with Gasteiger partial charge in [0.15, 0.2) is 0 Å². The average molecular weight is 414 g/mol. The molecule has 5 nitrogen and oxygen atoms in total. The molecule has 1 aliphatic carbocycles.